The van der Waals surface area contributed by atoms with Crippen LogP contribution in [0.1, 0.15) is 45.1 Å². The van der Waals surface area contributed by atoms with Crippen molar-refractivity contribution in [2.45, 2.75) is 38.8 Å². The van der Waals surface area contributed by atoms with E-state index in [0.29, 0.717) is 13.0 Å². The van der Waals surface area contributed by atoms with E-state index < -0.39 is 0 Å². The van der Waals surface area contributed by atoms with Crippen LogP contribution in [0.25, 0.3) is 0 Å². The van der Waals surface area contributed by atoms with Crippen molar-refractivity contribution in [3.8, 4) is 5.75 Å². The van der Waals surface area contributed by atoms with Crippen LogP contribution in [0.4, 0.5) is 0 Å². The van der Waals surface area contributed by atoms with Gasteiger partial charge in [-0.05, 0) is 48.2 Å². The molecule has 0 radical (unpaired) electrons. The van der Waals surface area contributed by atoms with E-state index in [4.69, 9.17) is 4.74 Å². The molecule has 3 aromatic carbocycles. The second-order valence-electron chi connectivity index (χ2n) is 7.78. The fraction of sp³-hybridized carbons (Fsp3) is 0.269. The van der Waals surface area contributed by atoms with Crippen LogP contribution in [-0.4, -0.2) is 18.4 Å². The van der Waals surface area contributed by atoms with E-state index in [0.717, 1.165) is 23.3 Å². The minimum Gasteiger partial charge on any atom is -0.488 e. The van der Waals surface area contributed by atoms with E-state index in [-0.39, 0.29) is 17.9 Å². The summed E-state index contributed by atoms with van der Waals surface area (Å²) in [6.07, 6.45) is 1.35. The molecule has 29 heavy (non-hydrogen) atoms. The van der Waals surface area contributed by atoms with Crippen molar-refractivity contribution in [1.82, 2.24) is 5.32 Å². The predicted molar refractivity (Wildman–Crippen MR) is 117 cm³/mol. The molecule has 3 heteroatoms. The van der Waals surface area contributed by atoms with Crippen molar-refractivity contribution in [2.75, 3.05) is 6.54 Å². The van der Waals surface area contributed by atoms with Crippen LogP contribution < -0.4 is 10.1 Å². The topological polar surface area (TPSA) is 38.3 Å². The largest absolute Gasteiger partial charge is 0.488 e. The lowest BCUT2D eigenvalue weighted by molar-refractivity contribution is 0.0977. The number of fused-ring (bicyclic) bond motifs is 1. The van der Waals surface area contributed by atoms with Crippen molar-refractivity contribution in [1.29, 1.82) is 0 Å². The van der Waals surface area contributed by atoms with Gasteiger partial charge in [-0.3, -0.25) is 4.79 Å². The number of carbonyl (C=O) groups excluding carboxylic acids is 1. The Kier molecular flexibility index (Phi) is 5.77. The molecule has 0 saturated heterocycles. The molecule has 2 atom stereocenters. The Bertz CT molecular complexity index is 972. The normalized spacial score (nSPS) is 16.1. The molecule has 1 heterocycles. The molecule has 0 spiro atoms. The first kappa shape index (κ1) is 19.4. The maximum absolute atomic E-state index is 12.7. The van der Waals surface area contributed by atoms with Gasteiger partial charge in [0.25, 0.3) is 0 Å². The third-order valence-corrected chi connectivity index (χ3v) is 5.75. The summed E-state index contributed by atoms with van der Waals surface area (Å²) in [6, 6.07) is 24.5. The summed E-state index contributed by atoms with van der Waals surface area (Å²) in [5.41, 5.74) is 5.58. The Balaban J connectivity index is 1.44. The number of hydrogen-bond acceptors (Lipinski definition) is 3. The van der Waals surface area contributed by atoms with Crippen LogP contribution in [-0.2, 0) is 6.42 Å². The number of Topliss-reactive ketones (excluding diaryl/α,β-unsaturated/α-hetero) is 1. The van der Waals surface area contributed by atoms with Gasteiger partial charge in [-0.25, -0.2) is 0 Å². The molecule has 0 bridgehead atoms. The first-order valence-electron chi connectivity index (χ1n) is 10.2. The van der Waals surface area contributed by atoms with Crippen molar-refractivity contribution >= 4 is 5.78 Å². The molecule has 0 fully saturated rings. The highest BCUT2D eigenvalue weighted by molar-refractivity contribution is 5.96. The number of ketones is 1. The second kappa shape index (κ2) is 8.62. The zero-order chi connectivity index (χ0) is 20.2. The van der Waals surface area contributed by atoms with Crippen LogP contribution in [0.3, 0.4) is 0 Å². The number of ether oxygens (including phenoxy) is 1. The van der Waals surface area contributed by atoms with Crippen molar-refractivity contribution in [2.24, 2.45) is 0 Å². The Hall–Kier alpha value is -2.91. The van der Waals surface area contributed by atoms with Crippen molar-refractivity contribution < 1.29 is 9.53 Å². The summed E-state index contributed by atoms with van der Waals surface area (Å²) in [5, 5.41) is 3.59. The van der Waals surface area contributed by atoms with Gasteiger partial charge in [0.2, 0.25) is 0 Å². The molecule has 0 saturated carbocycles. The Morgan fingerprint density at radius 3 is 2.52 bits per heavy atom. The van der Waals surface area contributed by atoms with Gasteiger partial charge in [-0.1, -0.05) is 60.7 Å². The van der Waals surface area contributed by atoms with Gasteiger partial charge < -0.3 is 10.1 Å². The average molecular weight is 386 g/mol. The molecule has 2 unspecified atom stereocenters. The highest BCUT2D eigenvalue weighted by Crippen LogP contribution is 2.34. The minimum atomic E-state index is 0.0199. The van der Waals surface area contributed by atoms with Crippen LogP contribution in [0.5, 0.6) is 5.75 Å². The monoisotopic (exact) mass is 385 g/mol. The van der Waals surface area contributed by atoms with Gasteiger partial charge in [0.1, 0.15) is 11.9 Å². The molecular formula is C26H27NO2. The number of carbonyl (C=O) groups is 1. The lowest BCUT2D eigenvalue weighted by Crippen LogP contribution is -2.36. The summed E-state index contributed by atoms with van der Waals surface area (Å²) in [4.78, 5) is 12.7. The maximum atomic E-state index is 12.7. The molecule has 1 aliphatic rings. The number of hydrogen-bond donors (Lipinski definition) is 1. The van der Waals surface area contributed by atoms with Crippen LogP contribution in [0.15, 0.2) is 72.8 Å². The van der Waals surface area contributed by atoms with Gasteiger partial charge in [0.05, 0.1) is 6.04 Å². The highest BCUT2D eigenvalue weighted by atomic mass is 16.5. The summed E-state index contributed by atoms with van der Waals surface area (Å²) in [6.45, 7) is 4.72. The maximum Gasteiger partial charge on any atom is 0.164 e. The van der Waals surface area contributed by atoms with E-state index in [1.807, 2.05) is 55.5 Å². The molecule has 4 rings (SSSR count). The predicted octanol–water partition coefficient (Wildman–Crippen LogP) is 5.21. The second-order valence-corrected chi connectivity index (χ2v) is 7.78. The number of benzene rings is 3. The van der Waals surface area contributed by atoms with E-state index in [1.54, 1.807) is 0 Å². The number of para-hydroxylation sites is 1. The molecule has 1 N–H and O–H groups in total. The average Bonchev–Trinajstić information content (AvgIpc) is 3.17. The van der Waals surface area contributed by atoms with E-state index in [2.05, 4.69) is 36.5 Å². The number of rotatable bonds is 7. The van der Waals surface area contributed by atoms with Gasteiger partial charge in [0.15, 0.2) is 5.78 Å². The first-order chi connectivity index (χ1) is 14.1. The first-order valence-corrected chi connectivity index (χ1v) is 10.2. The van der Waals surface area contributed by atoms with Gasteiger partial charge >= 0.3 is 0 Å². The lowest BCUT2D eigenvalue weighted by Gasteiger charge is -2.25. The summed E-state index contributed by atoms with van der Waals surface area (Å²) in [7, 11) is 0. The molecular weight excluding hydrogens is 358 g/mol. The van der Waals surface area contributed by atoms with E-state index in [9.17, 15) is 4.79 Å². The molecule has 3 nitrogen and oxygen atoms in total. The summed E-state index contributed by atoms with van der Waals surface area (Å²) in [5.74, 6) is 1.13. The molecule has 148 valence electrons. The van der Waals surface area contributed by atoms with Gasteiger partial charge in [0, 0.05) is 24.9 Å². The SMILES string of the molecule is Cc1ccc(C(=O)CCNC(c2ccccc2)C2Cc3ccccc3O2)cc1C. The smallest absolute Gasteiger partial charge is 0.164 e. The minimum absolute atomic E-state index is 0.0199. The lowest BCUT2D eigenvalue weighted by atomic mass is 9.97. The Labute approximate surface area is 172 Å². The Morgan fingerprint density at radius 2 is 1.76 bits per heavy atom. The fourth-order valence-corrected chi connectivity index (χ4v) is 3.92. The summed E-state index contributed by atoms with van der Waals surface area (Å²) >= 11 is 0. The number of aryl methyl sites for hydroxylation is 2. The van der Waals surface area contributed by atoms with Gasteiger partial charge in [-0.15, -0.1) is 0 Å². The zero-order valence-electron chi connectivity index (χ0n) is 17.0. The molecule has 3 aromatic rings. The van der Waals surface area contributed by atoms with Crippen molar-refractivity contribution in [3.63, 3.8) is 0 Å². The van der Waals surface area contributed by atoms with Crippen LogP contribution >= 0.6 is 0 Å². The number of nitrogens with one attached hydrogen (secondary N) is 1. The third-order valence-electron chi connectivity index (χ3n) is 5.75. The van der Waals surface area contributed by atoms with E-state index >= 15 is 0 Å². The molecule has 0 amide bonds. The Morgan fingerprint density at radius 1 is 1.00 bits per heavy atom. The highest BCUT2D eigenvalue weighted by Gasteiger charge is 2.31. The standard InChI is InChI=1S/C26H27NO2/c1-18-12-13-21(16-19(18)2)23(28)14-15-27-26(20-8-4-3-5-9-20)25-17-22-10-6-7-11-24(22)29-25/h3-13,16,25-27H,14-15,17H2,1-2H3. The molecule has 0 aliphatic carbocycles. The molecule has 0 aromatic heterocycles. The van der Waals surface area contributed by atoms with Gasteiger partial charge in [-0.2, -0.15) is 0 Å². The third kappa shape index (κ3) is 4.41. The summed E-state index contributed by atoms with van der Waals surface area (Å²) < 4.78 is 6.25. The molecule has 1 aliphatic heterocycles. The van der Waals surface area contributed by atoms with Crippen molar-refractivity contribution in [3.05, 3.63) is 101 Å². The fourth-order valence-electron chi connectivity index (χ4n) is 3.92. The van der Waals surface area contributed by atoms with E-state index in [1.165, 1.54) is 16.7 Å². The van der Waals surface area contributed by atoms with Crippen LogP contribution in [0, 0.1) is 13.8 Å². The zero-order valence-corrected chi connectivity index (χ0v) is 17.0. The quantitative estimate of drug-likeness (QED) is 0.567. The van der Waals surface area contributed by atoms with Crippen LogP contribution in [0.2, 0.25) is 0 Å².